The molecule has 1 rings (SSSR count). The molecule has 238 valence electrons. The molecule has 43 heavy (non-hydrogen) atoms. The first-order valence-electron chi connectivity index (χ1n) is 13.8. The molecular weight excluding hydrogens is 592 g/mol. The van der Waals surface area contributed by atoms with Gasteiger partial charge in [0.25, 0.3) is 0 Å². The lowest BCUT2D eigenvalue weighted by Crippen LogP contribution is -2.50. The van der Waals surface area contributed by atoms with Crippen LogP contribution in [0.3, 0.4) is 0 Å². The van der Waals surface area contributed by atoms with E-state index in [0.29, 0.717) is 11.8 Å². The molecule has 0 aliphatic rings. The van der Waals surface area contributed by atoms with Gasteiger partial charge in [-0.3, -0.25) is 9.59 Å². The van der Waals surface area contributed by atoms with E-state index in [4.69, 9.17) is 24.2 Å². The maximum Gasteiger partial charge on any atom is 0.408 e. The average Bonchev–Trinajstić information content (AvgIpc) is 2.90. The minimum atomic E-state index is -2.58. The lowest BCUT2D eigenvalue weighted by atomic mass is 10.1. The topological polar surface area (TPSA) is 166 Å². The van der Waals surface area contributed by atoms with Crippen molar-refractivity contribution in [3.05, 3.63) is 59.0 Å². The number of amides is 1. The van der Waals surface area contributed by atoms with E-state index in [1.54, 1.807) is 20.8 Å². The van der Waals surface area contributed by atoms with Gasteiger partial charge in [0.15, 0.2) is 8.32 Å². The maximum absolute atomic E-state index is 13.5. The van der Waals surface area contributed by atoms with Crippen molar-refractivity contribution >= 4 is 43.2 Å². The highest BCUT2D eigenvalue weighted by Crippen LogP contribution is 2.38. The number of carbonyl (C=O) groups is 4. The van der Waals surface area contributed by atoms with Gasteiger partial charge in [-0.25, -0.2) is 9.59 Å². The van der Waals surface area contributed by atoms with Gasteiger partial charge in [-0.15, -0.1) is 0 Å². The zero-order chi connectivity index (χ0) is 32.8. The monoisotopic (exact) mass is 636 g/mol. The SMILES string of the molecule is C=CCOC(=O)[C@H](CSC(=O)[C@H](C[C@H](O[Si](C)(C)C(C)(C)C)C(=O)OCc1ccccc1)NC(=O)OC(C)(C)C)N=[N+]=[N-]. The van der Waals surface area contributed by atoms with E-state index in [9.17, 15) is 19.2 Å². The normalized spacial score (nSPS) is 13.9. The summed E-state index contributed by atoms with van der Waals surface area (Å²) in [5.41, 5.74) is 8.80. The van der Waals surface area contributed by atoms with Crippen LogP contribution < -0.4 is 5.32 Å². The Kier molecular flexibility index (Phi) is 15.0. The third kappa shape index (κ3) is 14.1. The van der Waals surface area contributed by atoms with Crippen molar-refractivity contribution in [3.63, 3.8) is 0 Å². The maximum atomic E-state index is 13.5. The summed E-state index contributed by atoms with van der Waals surface area (Å²) in [4.78, 5) is 54.6. The highest BCUT2D eigenvalue weighted by Gasteiger charge is 2.43. The van der Waals surface area contributed by atoms with Gasteiger partial charge in [-0.05, 0) is 50.0 Å². The van der Waals surface area contributed by atoms with Crippen molar-refractivity contribution in [3.8, 4) is 0 Å². The zero-order valence-electron chi connectivity index (χ0n) is 26.2. The Hall–Kier alpha value is -3.32. The lowest BCUT2D eigenvalue weighted by molar-refractivity contribution is -0.154. The van der Waals surface area contributed by atoms with Crippen LogP contribution in [0.5, 0.6) is 0 Å². The van der Waals surface area contributed by atoms with E-state index in [1.165, 1.54) is 6.08 Å². The predicted octanol–water partition coefficient (Wildman–Crippen LogP) is 6.07. The first-order chi connectivity index (χ1) is 19.9. The molecule has 14 heteroatoms. The quantitative estimate of drug-likeness (QED) is 0.0457. The van der Waals surface area contributed by atoms with Crippen LogP contribution >= 0.6 is 11.8 Å². The molecule has 12 nitrogen and oxygen atoms in total. The van der Waals surface area contributed by atoms with Crippen molar-refractivity contribution in [2.75, 3.05) is 12.4 Å². The zero-order valence-corrected chi connectivity index (χ0v) is 28.1. The van der Waals surface area contributed by atoms with Crippen LogP contribution in [-0.2, 0) is 39.6 Å². The Morgan fingerprint density at radius 2 is 1.70 bits per heavy atom. The number of ether oxygens (including phenoxy) is 3. The standard InChI is InChI=1S/C29H44N4O8SSi/c1-10-16-38-24(34)22(32-33-30)19-42-26(36)21(31-27(37)40-28(2,3)4)17-23(41-43(8,9)29(5,6)7)25(35)39-18-20-14-12-11-13-15-20/h10-15,21-23H,1,16-19H2,2-9H3,(H,31,37)/t21-,22-,23-/m0/s1. The van der Waals surface area contributed by atoms with Crippen molar-refractivity contribution in [2.45, 2.75) is 96.5 Å². The Morgan fingerprint density at radius 3 is 2.23 bits per heavy atom. The lowest BCUT2D eigenvalue weighted by Gasteiger charge is -2.39. The molecule has 0 aliphatic heterocycles. The van der Waals surface area contributed by atoms with Crippen LogP contribution in [0.1, 0.15) is 53.5 Å². The Morgan fingerprint density at radius 1 is 1.07 bits per heavy atom. The average molecular weight is 637 g/mol. The van der Waals surface area contributed by atoms with E-state index in [-0.39, 0.29) is 30.4 Å². The number of rotatable bonds is 15. The second-order valence-electron chi connectivity index (χ2n) is 12.2. The van der Waals surface area contributed by atoms with Crippen LogP contribution in [0.25, 0.3) is 10.4 Å². The fraction of sp³-hybridized carbons (Fsp3) is 0.586. The summed E-state index contributed by atoms with van der Waals surface area (Å²) in [5, 5.41) is 5.07. The van der Waals surface area contributed by atoms with Crippen molar-refractivity contribution < 1.29 is 37.8 Å². The molecule has 0 unspecified atom stereocenters. The predicted molar refractivity (Wildman–Crippen MR) is 168 cm³/mol. The molecule has 0 radical (unpaired) electrons. The van der Waals surface area contributed by atoms with Gasteiger partial charge in [-0.2, -0.15) is 0 Å². The van der Waals surface area contributed by atoms with Crippen LogP contribution in [-0.4, -0.2) is 67.6 Å². The minimum Gasteiger partial charge on any atom is -0.461 e. The van der Waals surface area contributed by atoms with Crippen LogP contribution in [0.4, 0.5) is 4.79 Å². The highest BCUT2D eigenvalue weighted by molar-refractivity contribution is 8.13. The van der Waals surface area contributed by atoms with Crippen molar-refractivity contribution in [1.82, 2.24) is 5.32 Å². The molecule has 0 bridgehead atoms. The van der Waals surface area contributed by atoms with Gasteiger partial charge in [0.05, 0.1) is 0 Å². The fourth-order valence-corrected chi connectivity index (χ4v) is 5.27. The molecule has 0 aliphatic carbocycles. The van der Waals surface area contributed by atoms with E-state index in [0.717, 1.165) is 5.56 Å². The number of hydrogen-bond donors (Lipinski definition) is 1. The van der Waals surface area contributed by atoms with Gasteiger partial charge >= 0.3 is 18.0 Å². The molecule has 0 heterocycles. The summed E-state index contributed by atoms with van der Waals surface area (Å²) < 4.78 is 22.3. The van der Waals surface area contributed by atoms with E-state index in [2.05, 4.69) is 21.9 Å². The Balaban J connectivity index is 3.31. The summed E-state index contributed by atoms with van der Waals surface area (Å²) in [6.45, 7) is 18.3. The summed E-state index contributed by atoms with van der Waals surface area (Å²) in [6, 6.07) is 6.51. The molecule has 0 saturated carbocycles. The van der Waals surface area contributed by atoms with Crippen molar-refractivity contribution in [1.29, 1.82) is 0 Å². The number of hydrogen-bond acceptors (Lipinski definition) is 10. The summed E-state index contributed by atoms with van der Waals surface area (Å²) >= 11 is 0.645. The second-order valence-corrected chi connectivity index (χ2v) is 17.9. The number of thioether (sulfide) groups is 1. The van der Waals surface area contributed by atoms with Crippen LogP contribution in [0, 0.1) is 0 Å². The molecule has 0 fully saturated rings. The summed E-state index contributed by atoms with van der Waals surface area (Å²) in [6.07, 6.45) is -1.01. The van der Waals surface area contributed by atoms with Crippen molar-refractivity contribution in [2.24, 2.45) is 5.11 Å². The molecule has 3 atom stereocenters. The largest absolute Gasteiger partial charge is 0.461 e. The molecule has 0 saturated heterocycles. The molecule has 0 spiro atoms. The van der Waals surface area contributed by atoms with Gasteiger partial charge < -0.3 is 24.0 Å². The van der Waals surface area contributed by atoms with E-state index >= 15 is 0 Å². The van der Waals surface area contributed by atoms with Crippen LogP contribution in [0.15, 0.2) is 48.1 Å². The summed E-state index contributed by atoms with van der Waals surface area (Å²) in [7, 11) is -2.58. The van der Waals surface area contributed by atoms with E-state index < -0.39 is 55.3 Å². The molecule has 1 N–H and O–H groups in total. The first kappa shape index (κ1) is 37.7. The number of nitrogens with zero attached hydrogens (tertiary/aromatic N) is 3. The van der Waals surface area contributed by atoms with Gasteiger partial charge in [0, 0.05) is 17.1 Å². The highest BCUT2D eigenvalue weighted by atomic mass is 32.2. The first-order valence-corrected chi connectivity index (χ1v) is 17.7. The van der Waals surface area contributed by atoms with Gasteiger partial charge in [-0.1, -0.05) is 80.6 Å². The van der Waals surface area contributed by atoms with E-state index in [1.807, 2.05) is 64.2 Å². The Bertz CT molecular complexity index is 1160. The van der Waals surface area contributed by atoms with Crippen LogP contribution in [0.2, 0.25) is 18.1 Å². The molecule has 1 aromatic carbocycles. The molecule has 1 aromatic rings. The third-order valence-electron chi connectivity index (χ3n) is 6.35. The van der Waals surface area contributed by atoms with Gasteiger partial charge in [0.2, 0.25) is 5.12 Å². The van der Waals surface area contributed by atoms with Gasteiger partial charge in [0.1, 0.15) is 37.0 Å². The number of benzene rings is 1. The Labute approximate surface area is 259 Å². The molecular formula is C29H44N4O8SSi. The second kappa shape index (κ2) is 17.1. The number of alkyl carbamates (subject to hydrolysis) is 1. The number of nitrogens with one attached hydrogen (secondary N) is 1. The minimum absolute atomic E-state index is 0.00937. The molecule has 0 aromatic heterocycles. The smallest absolute Gasteiger partial charge is 0.408 e. The molecule has 1 amide bonds. The summed E-state index contributed by atoms with van der Waals surface area (Å²) in [5.74, 6) is -1.79. The number of azide groups is 1. The fourth-order valence-electron chi connectivity index (χ4n) is 3.13. The number of carbonyl (C=O) groups excluding carboxylic acids is 4. The number of esters is 2. The third-order valence-corrected chi connectivity index (χ3v) is 11.9.